The molecule has 0 aliphatic carbocycles. The van der Waals surface area contributed by atoms with Gasteiger partial charge in [-0.15, -0.1) is 6.58 Å². The molecular formula is C28H26F6N4O. The zero-order chi connectivity index (χ0) is 27.9. The number of nitrogens with zero attached hydrogens (tertiary/aromatic N) is 2. The summed E-state index contributed by atoms with van der Waals surface area (Å²) in [6.07, 6.45) is -4.76. The number of carbonyl (C=O) groups excluding carboxylic acids is 1. The number of para-hydroxylation sites is 1. The Morgan fingerprint density at radius 1 is 1.05 bits per heavy atom. The van der Waals surface area contributed by atoms with E-state index >= 15 is 0 Å². The van der Waals surface area contributed by atoms with Gasteiger partial charge in [-0.3, -0.25) is 9.88 Å². The van der Waals surface area contributed by atoms with Crippen LogP contribution < -0.4 is 10.6 Å². The minimum atomic E-state index is -5.02. The number of piperidine rings is 3. The Labute approximate surface area is 220 Å². The van der Waals surface area contributed by atoms with Gasteiger partial charge < -0.3 is 10.6 Å². The largest absolute Gasteiger partial charge is 0.416 e. The summed E-state index contributed by atoms with van der Waals surface area (Å²) in [5.74, 6) is 0.667. The van der Waals surface area contributed by atoms with Crippen LogP contribution in [0.15, 0.2) is 67.4 Å². The van der Waals surface area contributed by atoms with E-state index < -0.39 is 41.2 Å². The Kier molecular flexibility index (Phi) is 7.04. The summed E-state index contributed by atoms with van der Waals surface area (Å²) in [5.41, 5.74) is -2.14. The summed E-state index contributed by atoms with van der Waals surface area (Å²) in [6, 6.07) is 8.53. The van der Waals surface area contributed by atoms with Crippen LogP contribution in [0.2, 0.25) is 0 Å². The number of fused-ring (bicyclic) bond motifs is 4. The molecule has 206 valence electrons. The lowest BCUT2D eigenvalue weighted by molar-refractivity contribution is -0.143. The molecular weight excluding hydrogens is 522 g/mol. The quantitative estimate of drug-likeness (QED) is 0.266. The van der Waals surface area contributed by atoms with Gasteiger partial charge in [0.2, 0.25) is 0 Å². The van der Waals surface area contributed by atoms with E-state index in [4.69, 9.17) is 0 Å². The molecule has 0 saturated carbocycles. The Hall–Kier alpha value is -3.60. The first-order valence-electron chi connectivity index (χ1n) is 12.5. The van der Waals surface area contributed by atoms with Crippen LogP contribution in [0.25, 0.3) is 10.9 Å². The normalized spacial score (nSPS) is 23.8. The predicted molar refractivity (Wildman–Crippen MR) is 135 cm³/mol. The monoisotopic (exact) mass is 548 g/mol. The van der Waals surface area contributed by atoms with Crippen molar-refractivity contribution < 1.29 is 31.1 Å². The Morgan fingerprint density at radius 2 is 1.74 bits per heavy atom. The topological polar surface area (TPSA) is 57.3 Å². The van der Waals surface area contributed by atoms with Gasteiger partial charge in [0.1, 0.15) is 0 Å². The lowest BCUT2D eigenvalue weighted by Crippen LogP contribution is -2.57. The number of hydrogen-bond donors (Lipinski definition) is 2. The first-order chi connectivity index (χ1) is 18.4. The number of nitrogens with one attached hydrogen (secondary N) is 2. The van der Waals surface area contributed by atoms with Crippen LogP contribution in [0.1, 0.15) is 35.6 Å². The van der Waals surface area contributed by atoms with Crippen molar-refractivity contribution >= 4 is 22.6 Å². The standard InChI is InChI=1S/C28H26F6N4O/c1-2-16-15-38-10-8-17(16)11-24(38)25(22-7-9-35-23-6-4-3-5-21(22)23)37-26(39)36-20-13-18(27(29,30)31)12-19(14-20)28(32,33)34/h2-7,9,12-14,16-17,24-25H,1,8,10-11,15H2,(H2,36,37,39)/t16-,17-,24?,25+/m0/s1. The molecule has 3 aliphatic rings. The molecule has 0 spiro atoms. The van der Waals surface area contributed by atoms with Gasteiger partial charge in [0.25, 0.3) is 0 Å². The minimum Gasteiger partial charge on any atom is -0.329 e. The lowest BCUT2D eigenvalue weighted by atomic mass is 9.73. The van der Waals surface area contributed by atoms with Gasteiger partial charge in [-0.2, -0.15) is 26.3 Å². The van der Waals surface area contributed by atoms with Gasteiger partial charge in [0, 0.05) is 29.9 Å². The summed E-state index contributed by atoms with van der Waals surface area (Å²) in [5, 5.41) is 5.89. The van der Waals surface area contributed by atoms with Crippen LogP contribution in [0.3, 0.4) is 0 Å². The third-order valence-electron chi connectivity index (χ3n) is 7.69. The van der Waals surface area contributed by atoms with Crippen LogP contribution in [0.4, 0.5) is 36.8 Å². The number of rotatable bonds is 5. The number of halogens is 6. The number of carbonyl (C=O) groups is 1. The van der Waals surface area contributed by atoms with E-state index in [2.05, 4.69) is 27.1 Å². The Balaban J connectivity index is 1.48. The van der Waals surface area contributed by atoms with Crippen molar-refractivity contribution in [1.29, 1.82) is 0 Å². The predicted octanol–water partition coefficient (Wildman–Crippen LogP) is 7.03. The summed E-state index contributed by atoms with van der Waals surface area (Å²) in [6.45, 7) is 5.51. The SMILES string of the molecule is C=C[C@H]1CN2CC[C@H]1CC2[C@H](NC(=O)Nc1cc(C(F)(F)F)cc(C(F)(F)F)c1)c1ccnc2ccccc12. The van der Waals surface area contributed by atoms with Crippen LogP contribution in [-0.4, -0.2) is 35.0 Å². The van der Waals surface area contributed by atoms with Crippen LogP contribution in [-0.2, 0) is 12.4 Å². The van der Waals surface area contributed by atoms with Crippen molar-refractivity contribution in [1.82, 2.24) is 15.2 Å². The lowest BCUT2D eigenvalue weighted by Gasteiger charge is -2.51. The first-order valence-corrected chi connectivity index (χ1v) is 12.5. The molecule has 2 amide bonds. The van der Waals surface area contributed by atoms with Crippen molar-refractivity contribution in [2.45, 2.75) is 37.3 Å². The number of anilines is 1. The van der Waals surface area contributed by atoms with E-state index in [1.54, 1.807) is 12.3 Å². The molecule has 6 rings (SSSR count). The van der Waals surface area contributed by atoms with Gasteiger partial charge in [-0.1, -0.05) is 24.3 Å². The second-order valence-electron chi connectivity index (χ2n) is 10.0. The zero-order valence-electron chi connectivity index (χ0n) is 20.7. The average Bonchev–Trinajstić information content (AvgIpc) is 2.90. The third-order valence-corrected chi connectivity index (χ3v) is 7.69. The van der Waals surface area contributed by atoms with Crippen molar-refractivity contribution in [3.63, 3.8) is 0 Å². The fraction of sp³-hybridized carbons (Fsp3) is 0.357. The molecule has 3 aromatic rings. The second-order valence-corrected chi connectivity index (χ2v) is 10.0. The Morgan fingerprint density at radius 3 is 2.36 bits per heavy atom. The molecule has 2 bridgehead atoms. The van der Waals surface area contributed by atoms with Crippen LogP contribution in [0.5, 0.6) is 0 Å². The fourth-order valence-corrected chi connectivity index (χ4v) is 5.83. The smallest absolute Gasteiger partial charge is 0.329 e. The molecule has 3 fully saturated rings. The van der Waals surface area contributed by atoms with E-state index in [0.717, 1.165) is 36.9 Å². The molecule has 3 aliphatic heterocycles. The highest BCUT2D eigenvalue weighted by Crippen LogP contribution is 2.42. The van der Waals surface area contributed by atoms with Gasteiger partial charge in [-0.05, 0) is 67.1 Å². The summed E-state index contributed by atoms with van der Waals surface area (Å²) >= 11 is 0. The number of aromatic nitrogens is 1. The van der Waals surface area contributed by atoms with Gasteiger partial charge in [0.05, 0.1) is 22.7 Å². The molecule has 2 N–H and O–H groups in total. The Bertz CT molecular complexity index is 1350. The number of hydrogen-bond acceptors (Lipinski definition) is 3. The summed E-state index contributed by atoms with van der Waals surface area (Å²) in [7, 11) is 0. The highest BCUT2D eigenvalue weighted by atomic mass is 19.4. The molecule has 2 unspecified atom stereocenters. The second kappa shape index (κ2) is 10.2. The van der Waals surface area contributed by atoms with Crippen molar-refractivity contribution in [3.8, 4) is 0 Å². The molecule has 11 heteroatoms. The van der Waals surface area contributed by atoms with Crippen molar-refractivity contribution in [2.75, 3.05) is 18.4 Å². The van der Waals surface area contributed by atoms with Gasteiger partial charge >= 0.3 is 18.4 Å². The van der Waals surface area contributed by atoms with E-state index in [1.807, 2.05) is 30.3 Å². The molecule has 5 atom stereocenters. The number of pyridine rings is 1. The maximum Gasteiger partial charge on any atom is 0.416 e. The maximum atomic E-state index is 13.3. The first kappa shape index (κ1) is 27.0. The number of amides is 2. The highest BCUT2D eigenvalue weighted by molar-refractivity contribution is 5.91. The van der Waals surface area contributed by atoms with Gasteiger partial charge in [-0.25, -0.2) is 4.79 Å². The van der Waals surface area contributed by atoms with Crippen LogP contribution in [0, 0.1) is 11.8 Å². The third kappa shape index (κ3) is 5.59. The van der Waals surface area contributed by atoms with E-state index in [9.17, 15) is 31.1 Å². The summed E-state index contributed by atoms with van der Waals surface area (Å²) < 4.78 is 80.0. The molecule has 5 nitrogen and oxygen atoms in total. The molecule has 1 aromatic heterocycles. The molecule has 0 radical (unpaired) electrons. The number of benzene rings is 2. The maximum absolute atomic E-state index is 13.3. The molecule has 39 heavy (non-hydrogen) atoms. The highest BCUT2D eigenvalue weighted by Gasteiger charge is 2.43. The average molecular weight is 549 g/mol. The van der Waals surface area contributed by atoms with Gasteiger partial charge in [0.15, 0.2) is 0 Å². The summed E-state index contributed by atoms with van der Waals surface area (Å²) in [4.78, 5) is 19.8. The van der Waals surface area contributed by atoms with Crippen LogP contribution >= 0.6 is 0 Å². The van der Waals surface area contributed by atoms with Crippen molar-refractivity contribution in [3.05, 3.63) is 84.1 Å². The van der Waals surface area contributed by atoms with E-state index in [1.165, 1.54) is 0 Å². The van der Waals surface area contributed by atoms with E-state index in [-0.39, 0.29) is 12.1 Å². The molecule has 2 aromatic carbocycles. The molecule has 3 saturated heterocycles. The van der Waals surface area contributed by atoms with Crippen molar-refractivity contribution in [2.24, 2.45) is 11.8 Å². The fourth-order valence-electron chi connectivity index (χ4n) is 5.83. The van der Waals surface area contributed by atoms with E-state index in [0.29, 0.717) is 29.5 Å². The number of urea groups is 1. The molecule has 4 heterocycles. The minimum absolute atomic E-state index is 0.0249. The zero-order valence-corrected chi connectivity index (χ0v) is 20.7. The number of alkyl halides is 6.